The summed E-state index contributed by atoms with van der Waals surface area (Å²) in [5.74, 6) is -0.779. The van der Waals surface area contributed by atoms with Crippen LogP contribution in [-0.4, -0.2) is 23.8 Å². The molecule has 18 heavy (non-hydrogen) atoms. The van der Waals surface area contributed by atoms with Crippen LogP contribution in [0, 0.1) is 0 Å². The van der Waals surface area contributed by atoms with Crippen molar-refractivity contribution < 1.29 is 22.6 Å². The molecule has 0 aromatic carbocycles. The number of hydrogen-bond donors (Lipinski definition) is 1. The molecular formula is C10H10ClF3N2O2. The zero-order valence-electron chi connectivity index (χ0n) is 9.34. The summed E-state index contributed by atoms with van der Waals surface area (Å²) in [6, 6.07) is 0.710. The number of pyridine rings is 1. The molecule has 1 fully saturated rings. The van der Waals surface area contributed by atoms with Crippen molar-refractivity contribution >= 4 is 17.4 Å². The van der Waals surface area contributed by atoms with E-state index in [1.165, 1.54) is 0 Å². The van der Waals surface area contributed by atoms with Crippen LogP contribution in [-0.2, 0) is 10.9 Å². The highest BCUT2D eigenvalue weighted by Gasteiger charge is 2.41. The van der Waals surface area contributed by atoms with Gasteiger partial charge in [-0.15, -0.1) is 0 Å². The number of aromatic nitrogens is 1. The first kappa shape index (κ1) is 13.2. The average Bonchev–Trinajstić information content (AvgIpc) is 2.19. The molecule has 1 aliphatic rings. The number of halogens is 4. The Bertz CT molecular complexity index is 475. The zero-order valence-corrected chi connectivity index (χ0v) is 10.1. The number of rotatable bonds is 2. The number of hydrogen-bond acceptors (Lipinski definition) is 4. The maximum absolute atomic E-state index is 12.8. The van der Waals surface area contributed by atoms with E-state index in [4.69, 9.17) is 26.8 Å². The van der Waals surface area contributed by atoms with Crippen molar-refractivity contribution in [2.24, 2.45) is 0 Å². The van der Waals surface area contributed by atoms with Crippen molar-refractivity contribution in [2.45, 2.75) is 18.7 Å². The number of anilines is 1. The molecule has 1 aliphatic heterocycles. The van der Waals surface area contributed by atoms with Crippen molar-refractivity contribution in [1.29, 1.82) is 0 Å². The summed E-state index contributed by atoms with van der Waals surface area (Å²) in [6.45, 7) is 2.03. The Morgan fingerprint density at radius 2 is 2.11 bits per heavy atom. The lowest BCUT2D eigenvalue weighted by molar-refractivity contribution is -0.162. The van der Waals surface area contributed by atoms with E-state index in [-0.39, 0.29) is 24.1 Å². The lowest BCUT2D eigenvalue weighted by Gasteiger charge is -2.38. The van der Waals surface area contributed by atoms with Gasteiger partial charge in [-0.1, -0.05) is 11.6 Å². The molecule has 0 bridgehead atoms. The highest BCUT2D eigenvalue weighted by molar-refractivity contribution is 6.32. The van der Waals surface area contributed by atoms with Gasteiger partial charge >= 0.3 is 6.18 Å². The molecule has 8 heteroatoms. The van der Waals surface area contributed by atoms with E-state index in [1.54, 1.807) is 6.92 Å². The fourth-order valence-corrected chi connectivity index (χ4v) is 1.60. The van der Waals surface area contributed by atoms with E-state index < -0.39 is 23.2 Å². The molecular weight excluding hydrogens is 273 g/mol. The lowest BCUT2D eigenvalue weighted by atomic mass is 10.1. The summed E-state index contributed by atoms with van der Waals surface area (Å²) in [6.07, 6.45) is -4.61. The van der Waals surface area contributed by atoms with Gasteiger partial charge in [0.1, 0.15) is 11.4 Å². The van der Waals surface area contributed by atoms with Crippen LogP contribution in [0.4, 0.5) is 19.0 Å². The van der Waals surface area contributed by atoms with Gasteiger partial charge in [0.25, 0.3) is 0 Å². The quantitative estimate of drug-likeness (QED) is 0.905. The second kappa shape index (κ2) is 4.17. The molecule has 4 nitrogen and oxygen atoms in total. The van der Waals surface area contributed by atoms with Crippen molar-refractivity contribution in [1.82, 2.24) is 4.98 Å². The maximum atomic E-state index is 12.8. The standard InChI is InChI=1S/C10H10ClF3N2O2/c1-9(3-17-4-9)18-8-5(10(12,13)14)2-6(11)7(15)16-8/h2H,3-4H2,1H3,(H2,15,16). The molecule has 2 N–H and O–H groups in total. The Balaban J connectivity index is 2.41. The summed E-state index contributed by atoms with van der Waals surface area (Å²) in [5.41, 5.74) is 3.53. The molecule has 0 aliphatic carbocycles. The minimum atomic E-state index is -4.61. The number of nitrogens with zero attached hydrogens (tertiary/aromatic N) is 1. The topological polar surface area (TPSA) is 57.4 Å². The molecule has 1 aromatic rings. The van der Waals surface area contributed by atoms with Gasteiger partial charge in [0.05, 0.1) is 18.2 Å². The normalized spacial score (nSPS) is 18.3. The Morgan fingerprint density at radius 3 is 2.56 bits per heavy atom. The number of alkyl halides is 3. The van der Waals surface area contributed by atoms with Crippen molar-refractivity contribution in [3.8, 4) is 5.88 Å². The van der Waals surface area contributed by atoms with Gasteiger partial charge in [0, 0.05) is 0 Å². The van der Waals surface area contributed by atoms with E-state index in [1.807, 2.05) is 0 Å². The molecule has 2 rings (SSSR count). The van der Waals surface area contributed by atoms with Crippen LogP contribution in [0.5, 0.6) is 5.88 Å². The van der Waals surface area contributed by atoms with Crippen LogP contribution in [0.15, 0.2) is 6.07 Å². The summed E-state index contributed by atoms with van der Waals surface area (Å²) < 4.78 is 48.6. The first-order chi connectivity index (χ1) is 8.21. The Hall–Kier alpha value is -1.21. The zero-order chi connectivity index (χ0) is 13.6. The van der Waals surface area contributed by atoms with Gasteiger partial charge in [0.15, 0.2) is 5.60 Å². The molecule has 0 spiro atoms. The highest BCUT2D eigenvalue weighted by atomic mass is 35.5. The molecule has 1 saturated heterocycles. The predicted octanol–water partition coefficient (Wildman–Crippen LogP) is 2.50. The van der Waals surface area contributed by atoms with Gasteiger partial charge < -0.3 is 15.2 Å². The first-order valence-corrected chi connectivity index (χ1v) is 5.39. The van der Waals surface area contributed by atoms with Crippen molar-refractivity contribution in [2.75, 3.05) is 18.9 Å². The average molecular weight is 283 g/mol. The summed E-state index contributed by atoms with van der Waals surface area (Å²) in [5, 5.41) is -0.260. The highest BCUT2D eigenvalue weighted by Crippen LogP contribution is 2.40. The molecule has 100 valence electrons. The number of ether oxygens (including phenoxy) is 2. The monoisotopic (exact) mass is 282 g/mol. The Kier molecular flexibility index (Phi) is 3.06. The third-order valence-corrected chi connectivity index (χ3v) is 2.73. The minimum absolute atomic E-state index is 0.203. The van der Waals surface area contributed by atoms with Crippen LogP contribution in [0.3, 0.4) is 0 Å². The van der Waals surface area contributed by atoms with E-state index in [9.17, 15) is 13.2 Å². The molecule has 0 unspecified atom stereocenters. The molecule has 0 saturated carbocycles. The largest absolute Gasteiger partial charge is 0.466 e. The Labute approximate surface area is 106 Å². The molecule has 0 radical (unpaired) electrons. The number of nitrogens with two attached hydrogens (primary N) is 1. The fourth-order valence-electron chi connectivity index (χ4n) is 1.45. The van der Waals surface area contributed by atoms with Gasteiger partial charge in [-0.25, -0.2) is 0 Å². The smallest absolute Gasteiger partial charge is 0.421 e. The van der Waals surface area contributed by atoms with E-state index in [2.05, 4.69) is 4.98 Å². The predicted molar refractivity (Wildman–Crippen MR) is 58.5 cm³/mol. The third-order valence-electron chi connectivity index (χ3n) is 2.43. The van der Waals surface area contributed by atoms with Crippen LogP contribution in [0.2, 0.25) is 5.02 Å². The summed E-state index contributed by atoms with van der Waals surface area (Å²) >= 11 is 5.54. The van der Waals surface area contributed by atoms with Gasteiger partial charge in [0.2, 0.25) is 5.88 Å². The molecule has 2 heterocycles. The fraction of sp³-hybridized carbons (Fsp3) is 0.500. The van der Waals surface area contributed by atoms with Crippen molar-refractivity contribution in [3.63, 3.8) is 0 Å². The molecule has 0 atom stereocenters. The second-order valence-electron chi connectivity index (χ2n) is 4.25. The van der Waals surface area contributed by atoms with E-state index in [0.29, 0.717) is 6.07 Å². The first-order valence-electron chi connectivity index (χ1n) is 5.01. The van der Waals surface area contributed by atoms with E-state index >= 15 is 0 Å². The molecule has 1 aromatic heterocycles. The molecule has 0 amide bonds. The SMILES string of the molecule is CC1(Oc2nc(N)c(Cl)cc2C(F)(F)F)COC1. The number of nitrogen functional groups attached to an aromatic ring is 1. The second-order valence-corrected chi connectivity index (χ2v) is 4.66. The van der Waals surface area contributed by atoms with Crippen LogP contribution >= 0.6 is 11.6 Å². The minimum Gasteiger partial charge on any atom is -0.466 e. The van der Waals surface area contributed by atoms with Crippen molar-refractivity contribution in [3.05, 3.63) is 16.7 Å². The summed E-state index contributed by atoms with van der Waals surface area (Å²) in [4.78, 5) is 3.55. The van der Waals surface area contributed by atoms with E-state index in [0.717, 1.165) is 0 Å². The van der Waals surface area contributed by atoms with Crippen LogP contribution in [0.25, 0.3) is 0 Å². The van der Waals surface area contributed by atoms with Gasteiger partial charge in [-0.2, -0.15) is 18.2 Å². The third kappa shape index (κ3) is 2.46. The summed E-state index contributed by atoms with van der Waals surface area (Å²) in [7, 11) is 0. The van der Waals surface area contributed by atoms with Crippen LogP contribution in [0.1, 0.15) is 12.5 Å². The Morgan fingerprint density at radius 1 is 1.50 bits per heavy atom. The van der Waals surface area contributed by atoms with Crippen LogP contribution < -0.4 is 10.5 Å². The van der Waals surface area contributed by atoms with Gasteiger partial charge in [-0.05, 0) is 13.0 Å². The maximum Gasteiger partial charge on any atom is 0.421 e. The van der Waals surface area contributed by atoms with Gasteiger partial charge in [-0.3, -0.25) is 0 Å². The lowest BCUT2D eigenvalue weighted by Crippen LogP contribution is -2.52.